The summed E-state index contributed by atoms with van der Waals surface area (Å²) >= 11 is 9.66. The molecule has 0 unspecified atom stereocenters. The summed E-state index contributed by atoms with van der Waals surface area (Å²) in [5, 5.41) is 4.78. The van der Waals surface area contributed by atoms with Gasteiger partial charge in [0, 0.05) is 19.2 Å². The van der Waals surface area contributed by atoms with Crippen molar-refractivity contribution in [2.75, 3.05) is 7.05 Å². The Labute approximate surface area is 178 Å². The molecule has 0 aliphatic heterocycles. The fourth-order valence-corrected chi connectivity index (χ4v) is 3.40. The largest absolute Gasteiger partial charge is 0.488 e. The fraction of sp³-hybridized carbons (Fsp3) is 0.238. The molecule has 3 aromatic rings. The smallest absolute Gasteiger partial charge is 0.253 e. The lowest BCUT2D eigenvalue weighted by atomic mass is 10.1. The van der Waals surface area contributed by atoms with Crippen LogP contribution in [0.1, 0.15) is 28.5 Å². The maximum absolute atomic E-state index is 12.7. The van der Waals surface area contributed by atoms with E-state index in [1.807, 2.05) is 55.5 Å². The van der Waals surface area contributed by atoms with Crippen LogP contribution in [0.25, 0.3) is 0 Å². The number of rotatable bonds is 7. The molecule has 0 atom stereocenters. The number of amides is 1. The zero-order valence-corrected chi connectivity index (χ0v) is 18.1. The zero-order valence-electron chi connectivity index (χ0n) is 15.7. The summed E-state index contributed by atoms with van der Waals surface area (Å²) in [7, 11) is 1.76. The number of halogens is 2. The third kappa shape index (κ3) is 4.75. The van der Waals surface area contributed by atoms with Gasteiger partial charge in [-0.05, 0) is 52.7 Å². The number of carbonyl (C=O) groups is 1. The van der Waals surface area contributed by atoms with E-state index >= 15 is 0 Å². The van der Waals surface area contributed by atoms with Crippen LogP contribution in [-0.2, 0) is 19.7 Å². The molecule has 0 fully saturated rings. The van der Waals surface area contributed by atoms with Crippen LogP contribution in [0.15, 0.2) is 59.2 Å². The normalized spacial score (nSPS) is 10.7. The molecule has 0 saturated carbocycles. The minimum Gasteiger partial charge on any atom is -0.488 e. The van der Waals surface area contributed by atoms with Crippen LogP contribution in [0.5, 0.6) is 5.75 Å². The SMILES string of the molecule is CCn1ncc(Cl)c1CN(C)C(=O)c1ccc(COc2ccccc2Br)cc1. The highest BCUT2D eigenvalue weighted by molar-refractivity contribution is 9.10. The molecule has 1 amide bonds. The van der Waals surface area contributed by atoms with Crippen molar-refractivity contribution in [1.29, 1.82) is 0 Å². The Morgan fingerprint density at radius 3 is 2.61 bits per heavy atom. The van der Waals surface area contributed by atoms with Gasteiger partial charge in [0.05, 0.1) is 27.9 Å². The Bertz CT molecular complexity index is 957. The molecule has 0 N–H and O–H groups in total. The van der Waals surface area contributed by atoms with Crippen molar-refractivity contribution in [1.82, 2.24) is 14.7 Å². The lowest BCUT2D eigenvalue weighted by molar-refractivity contribution is 0.0781. The van der Waals surface area contributed by atoms with E-state index in [1.165, 1.54) is 0 Å². The standard InChI is InChI=1S/C21H21BrClN3O2/c1-3-26-19(18(23)12-24-26)13-25(2)21(27)16-10-8-15(9-11-16)14-28-20-7-5-4-6-17(20)22/h4-12H,3,13-14H2,1-2H3. The van der Waals surface area contributed by atoms with Gasteiger partial charge in [-0.25, -0.2) is 0 Å². The number of hydrogen-bond donors (Lipinski definition) is 0. The van der Waals surface area contributed by atoms with Crippen molar-refractivity contribution in [3.05, 3.63) is 81.0 Å². The monoisotopic (exact) mass is 461 g/mol. The van der Waals surface area contributed by atoms with Crippen molar-refractivity contribution >= 4 is 33.4 Å². The van der Waals surface area contributed by atoms with E-state index < -0.39 is 0 Å². The van der Waals surface area contributed by atoms with Crippen molar-refractivity contribution < 1.29 is 9.53 Å². The summed E-state index contributed by atoms with van der Waals surface area (Å²) in [6, 6.07) is 15.1. The van der Waals surface area contributed by atoms with Gasteiger partial charge in [0.2, 0.25) is 0 Å². The molecule has 146 valence electrons. The van der Waals surface area contributed by atoms with E-state index in [-0.39, 0.29) is 5.91 Å². The second kappa shape index (κ2) is 9.26. The number of aromatic nitrogens is 2. The van der Waals surface area contributed by atoms with E-state index in [0.29, 0.717) is 30.3 Å². The van der Waals surface area contributed by atoms with Crippen LogP contribution < -0.4 is 4.74 Å². The molecule has 3 rings (SSSR count). The topological polar surface area (TPSA) is 47.4 Å². The quantitative estimate of drug-likeness (QED) is 0.487. The number of ether oxygens (including phenoxy) is 1. The second-order valence-corrected chi connectivity index (χ2v) is 7.59. The average molecular weight is 463 g/mol. The van der Waals surface area contributed by atoms with E-state index in [1.54, 1.807) is 22.8 Å². The van der Waals surface area contributed by atoms with E-state index in [9.17, 15) is 4.79 Å². The predicted molar refractivity (Wildman–Crippen MR) is 114 cm³/mol. The van der Waals surface area contributed by atoms with Crippen molar-refractivity contribution in [3.8, 4) is 5.75 Å². The molecule has 0 aliphatic rings. The molecule has 1 aromatic heterocycles. The first kappa shape index (κ1) is 20.4. The maximum Gasteiger partial charge on any atom is 0.253 e. The first-order valence-corrected chi connectivity index (χ1v) is 10.1. The number of carbonyl (C=O) groups excluding carboxylic acids is 1. The van der Waals surface area contributed by atoms with Crippen LogP contribution in [0.4, 0.5) is 0 Å². The van der Waals surface area contributed by atoms with Gasteiger partial charge in [0.25, 0.3) is 5.91 Å². The first-order valence-electron chi connectivity index (χ1n) is 8.91. The number of aryl methyl sites for hydroxylation is 1. The Morgan fingerprint density at radius 1 is 1.21 bits per heavy atom. The van der Waals surface area contributed by atoms with E-state index in [2.05, 4.69) is 21.0 Å². The summed E-state index contributed by atoms with van der Waals surface area (Å²) in [5.74, 6) is 0.713. The first-order chi connectivity index (χ1) is 13.5. The minimum atomic E-state index is -0.0711. The summed E-state index contributed by atoms with van der Waals surface area (Å²) in [6.45, 7) is 3.52. The maximum atomic E-state index is 12.7. The summed E-state index contributed by atoms with van der Waals surface area (Å²) in [5.41, 5.74) is 2.44. The molecule has 2 aromatic carbocycles. The van der Waals surface area contributed by atoms with Crippen LogP contribution in [0, 0.1) is 0 Å². The molecular weight excluding hydrogens is 442 g/mol. The van der Waals surface area contributed by atoms with Crippen molar-refractivity contribution in [3.63, 3.8) is 0 Å². The third-order valence-corrected chi connectivity index (χ3v) is 5.33. The van der Waals surface area contributed by atoms with Gasteiger partial charge in [0.15, 0.2) is 0 Å². The number of benzene rings is 2. The Hall–Kier alpha value is -2.31. The molecule has 28 heavy (non-hydrogen) atoms. The molecule has 0 saturated heterocycles. The van der Waals surface area contributed by atoms with Crippen LogP contribution in [0.3, 0.4) is 0 Å². The summed E-state index contributed by atoms with van der Waals surface area (Å²) < 4.78 is 8.52. The second-order valence-electron chi connectivity index (χ2n) is 6.33. The third-order valence-electron chi connectivity index (χ3n) is 4.36. The number of nitrogens with zero attached hydrogens (tertiary/aromatic N) is 3. The van der Waals surface area contributed by atoms with Crippen LogP contribution in [-0.4, -0.2) is 27.6 Å². The minimum absolute atomic E-state index is 0.0711. The Kier molecular flexibility index (Phi) is 6.75. The van der Waals surface area contributed by atoms with Gasteiger partial charge < -0.3 is 9.64 Å². The van der Waals surface area contributed by atoms with E-state index in [4.69, 9.17) is 16.3 Å². The van der Waals surface area contributed by atoms with Gasteiger partial charge in [0.1, 0.15) is 12.4 Å². The highest BCUT2D eigenvalue weighted by atomic mass is 79.9. The highest BCUT2D eigenvalue weighted by Crippen LogP contribution is 2.25. The van der Waals surface area contributed by atoms with Gasteiger partial charge in [-0.1, -0.05) is 35.9 Å². The lowest BCUT2D eigenvalue weighted by Gasteiger charge is -2.18. The van der Waals surface area contributed by atoms with Crippen LogP contribution in [0.2, 0.25) is 5.02 Å². The molecule has 1 heterocycles. The van der Waals surface area contributed by atoms with Crippen molar-refractivity contribution in [2.45, 2.75) is 26.6 Å². The molecule has 0 aliphatic carbocycles. The molecular formula is C21H21BrClN3O2. The van der Waals surface area contributed by atoms with Crippen LogP contribution >= 0.6 is 27.5 Å². The van der Waals surface area contributed by atoms with Gasteiger partial charge in [-0.3, -0.25) is 9.48 Å². The summed E-state index contributed by atoms with van der Waals surface area (Å²) in [6.07, 6.45) is 1.61. The highest BCUT2D eigenvalue weighted by Gasteiger charge is 2.16. The lowest BCUT2D eigenvalue weighted by Crippen LogP contribution is -2.27. The van der Waals surface area contributed by atoms with E-state index in [0.717, 1.165) is 21.5 Å². The zero-order chi connectivity index (χ0) is 20.1. The number of hydrogen-bond acceptors (Lipinski definition) is 3. The molecule has 7 heteroatoms. The average Bonchev–Trinajstić information content (AvgIpc) is 3.06. The Balaban J connectivity index is 1.63. The molecule has 0 spiro atoms. The fourth-order valence-electron chi connectivity index (χ4n) is 2.80. The van der Waals surface area contributed by atoms with Gasteiger partial charge in [-0.2, -0.15) is 5.10 Å². The Morgan fingerprint density at radius 2 is 1.93 bits per heavy atom. The van der Waals surface area contributed by atoms with Gasteiger partial charge >= 0.3 is 0 Å². The summed E-state index contributed by atoms with van der Waals surface area (Å²) in [4.78, 5) is 14.4. The molecule has 5 nitrogen and oxygen atoms in total. The number of para-hydroxylation sites is 1. The predicted octanol–water partition coefficient (Wildman–Crippen LogP) is 5.17. The molecule has 0 bridgehead atoms. The van der Waals surface area contributed by atoms with Gasteiger partial charge in [-0.15, -0.1) is 0 Å². The molecule has 0 radical (unpaired) electrons. The van der Waals surface area contributed by atoms with Crippen molar-refractivity contribution in [2.24, 2.45) is 0 Å².